The van der Waals surface area contributed by atoms with E-state index in [1.54, 1.807) is 12.1 Å². The van der Waals surface area contributed by atoms with E-state index < -0.39 is 0 Å². The zero-order valence-electron chi connectivity index (χ0n) is 13.7. The van der Waals surface area contributed by atoms with E-state index >= 15 is 0 Å². The second-order valence-corrected chi connectivity index (χ2v) is 6.09. The molecule has 1 N–H and O–H groups in total. The Morgan fingerprint density at radius 2 is 1.86 bits per heavy atom. The van der Waals surface area contributed by atoms with Crippen molar-refractivity contribution < 1.29 is 9.13 Å². The van der Waals surface area contributed by atoms with E-state index in [0.717, 1.165) is 45.6 Å². The molecule has 1 atom stereocenters. The Morgan fingerprint density at radius 1 is 1.14 bits per heavy atom. The highest BCUT2D eigenvalue weighted by atomic mass is 19.1. The molecule has 0 fully saturated rings. The average molecular weight is 295 g/mol. The van der Waals surface area contributed by atoms with Crippen LogP contribution >= 0.6 is 0 Å². The van der Waals surface area contributed by atoms with Crippen LogP contribution in [0.3, 0.4) is 0 Å². The molecule has 1 unspecified atom stereocenters. The van der Waals surface area contributed by atoms with Gasteiger partial charge in [0.25, 0.3) is 0 Å². The number of halogens is 1. The van der Waals surface area contributed by atoms with Gasteiger partial charge in [-0.2, -0.15) is 0 Å². The van der Waals surface area contributed by atoms with Gasteiger partial charge in [0.05, 0.1) is 0 Å². The van der Waals surface area contributed by atoms with Gasteiger partial charge in [-0.05, 0) is 68.8 Å². The maximum atomic E-state index is 13.0. The van der Waals surface area contributed by atoms with Crippen LogP contribution in [-0.2, 0) is 11.2 Å². The van der Waals surface area contributed by atoms with Gasteiger partial charge in [0.2, 0.25) is 0 Å². The second-order valence-electron chi connectivity index (χ2n) is 6.09. The Labute approximate surface area is 129 Å². The lowest BCUT2D eigenvalue weighted by Gasteiger charge is -2.19. The van der Waals surface area contributed by atoms with Gasteiger partial charge in [-0.3, -0.25) is 0 Å². The Hall–Kier alpha value is -0.930. The summed E-state index contributed by atoms with van der Waals surface area (Å²) in [6, 6.07) is 6.89. The molecule has 0 bridgehead atoms. The van der Waals surface area contributed by atoms with E-state index in [9.17, 15) is 4.39 Å². The van der Waals surface area contributed by atoms with Crippen LogP contribution in [0.25, 0.3) is 0 Å². The molecule has 0 saturated carbocycles. The van der Waals surface area contributed by atoms with Crippen LogP contribution in [0.4, 0.5) is 4.39 Å². The first kappa shape index (κ1) is 18.1. The predicted molar refractivity (Wildman–Crippen MR) is 87.0 cm³/mol. The van der Waals surface area contributed by atoms with E-state index in [2.05, 4.69) is 19.2 Å². The predicted octanol–water partition coefficient (Wildman–Crippen LogP) is 4.05. The molecular weight excluding hydrogens is 265 g/mol. The number of hydrogen-bond donors (Lipinski definition) is 1. The van der Waals surface area contributed by atoms with Crippen molar-refractivity contribution in [1.29, 1.82) is 0 Å². The van der Waals surface area contributed by atoms with Gasteiger partial charge >= 0.3 is 0 Å². The molecule has 0 saturated heterocycles. The lowest BCUT2D eigenvalue weighted by atomic mass is 9.94. The zero-order chi connectivity index (χ0) is 15.5. The third kappa shape index (κ3) is 8.84. The molecule has 2 nitrogen and oxygen atoms in total. The first-order chi connectivity index (χ1) is 10.1. The zero-order valence-corrected chi connectivity index (χ0v) is 13.7. The quantitative estimate of drug-likeness (QED) is 0.622. The second kappa shape index (κ2) is 10.7. The number of rotatable bonds is 11. The number of benzene rings is 1. The van der Waals surface area contributed by atoms with Crippen LogP contribution in [0.2, 0.25) is 0 Å². The minimum absolute atomic E-state index is 0.162. The van der Waals surface area contributed by atoms with E-state index in [4.69, 9.17) is 4.74 Å². The molecule has 0 aliphatic heterocycles. The molecule has 3 heteroatoms. The summed E-state index contributed by atoms with van der Waals surface area (Å²) in [5.74, 6) is 1.08. The normalized spacial score (nSPS) is 12.8. The molecule has 0 aromatic heterocycles. The van der Waals surface area contributed by atoms with Gasteiger partial charge in [-0.15, -0.1) is 0 Å². The Kier molecular flexibility index (Phi) is 9.27. The van der Waals surface area contributed by atoms with Crippen LogP contribution in [0, 0.1) is 17.7 Å². The highest BCUT2D eigenvalue weighted by Gasteiger charge is 2.10. The van der Waals surface area contributed by atoms with Crippen LogP contribution in [0.1, 0.15) is 39.2 Å². The topological polar surface area (TPSA) is 21.3 Å². The average Bonchev–Trinajstić information content (AvgIpc) is 2.45. The van der Waals surface area contributed by atoms with E-state index in [1.165, 1.54) is 5.56 Å². The van der Waals surface area contributed by atoms with Gasteiger partial charge in [-0.25, -0.2) is 4.39 Å². The summed E-state index contributed by atoms with van der Waals surface area (Å²) in [4.78, 5) is 0. The molecule has 0 aliphatic carbocycles. The smallest absolute Gasteiger partial charge is 0.123 e. The highest BCUT2D eigenvalue weighted by Crippen LogP contribution is 2.15. The first-order valence-corrected chi connectivity index (χ1v) is 8.14. The lowest BCUT2D eigenvalue weighted by molar-refractivity contribution is 0.139. The highest BCUT2D eigenvalue weighted by molar-refractivity contribution is 5.16. The Balaban J connectivity index is 2.43. The van der Waals surface area contributed by atoms with E-state index in [1.807, 2.05) is 19.1 Å². The van der Waals surface area contributed by atoms with Gasteiger partial charge in [0.1, 0.15) is 5.82 Å². The van der Waals surface area contributed by atoms with Crippen molar-refractivity contribution in [3.63, 3.8) is 0 Å². The van der Waals surface area contributed by atoms with Crippen LogP contribution in [0.15, 0.2) is 24.3 Å². The maximum absolute atomic E-state index is 13.0. The van der Waals surface area contributed by atoms with Crippen LogP contribution in [-0.4, -0.2) is 26.3 Å². The van der Waals surface area contributed by atoms with Gasteiger partial charge in [0, 0.05) is 13.2 Å². The third-order valence-corrected chi connectivity index (χ3v) is 3.53. The molecule has 1 rings (SSSR count). The monoisotopic (exact) mass is 295 g/mol. The first-order valence-electron chi connectivity index (χ1n) is 8.14. The molecule has 0 amide bonds. The van der Waals surface area contributed by atoms with Crippen molar-refractivity contribution >= 4 is 0 Å². The minimum Gasteiger partial charge on any atom is -0.382 e. The summed E-state index contributed by atoms with van der Waals surface area (Å²) in [5, 5.41) is 3.54. The maximum Gasteiger partial charge on any atom is 0.123 e. The summed E-state index contributed by atoms with van der Waals surface area (Å²) in [6.45, 7) is 10.1. The molecule has 0 heterocycles. The van der Waals surface area contributed by atoms with Crippen molar-refractivity contribution in [3.05, 3.63) is 35.6 Å². The summed E-state index contributed by atoms with van der Waals surface area (Å²) in [7, 11) is 0. The van der Waals surface area contributed by atoms with Gasteiger partial charge in [0.15, 0.2) is 0 Å². The van der Waals surface area contributed by atoms with Crippen LogP contribution < -0.4 is 5.32 Å². The summed E-state index contributed by atoms with van der Waals surface area (Å²) < 4.78 is 18.4. The largest absolute Gasteiger partial charge is 0.382 e. The number of hydrogen-bond acceptors (Lipinski definition) is 2. The SMILES string of the molecule is CCOCCCC(CNCC(C)C)Cc1ccc(F)cc1. The van der Waals surface area contributed by atoms with E-state index in [0.29, 0.717) is 11.8 Å². The fourth-order valence-electron chi connectivity index (χ4n) is 2.42. The summed E-state index contributed by atoms with van der Waals surface area (Å²) in [6.07, 6.45) is 3.23. The van der Waals surface area contributed by atoms with Crippen molar-refractivity contribution in [3.8, 4) is 0 Å². The third-order valence-electron chi connectivity index (χ3n) is 3.53. The molecular formula is C18H30FNO. The lowest BCUT2D eigenvalue weighted by Crippen LogP contribution is -2.27. The molecule has 0 radical (unpaired) electrons. The molecule has 1 aromatic carbocycles. The summed E-state index contributed by atoms with van der Waals surface area (Å²) >= 11 is 0. The van der Waals surface area contributed by atoms with Crippen molar-refractivity contribution in [2.24, 2.45) is 11.8 Å². The molecule has 120 valence electrons. The standard InChI is InChI=1S/C18H30FNO/c1-4-21-11-5-6-17(14-20-13-15(2)3)12-16-7-9-18(19)10-8-16/h7-10,15,17,20H,4-6,11-14H2,1-3H3. The van der Waals surface area contributed by atoms with Crippen molar-refractivity contribution in [1.82, 2.24) is 5.32 Å². The fourth-order valence-corrected chi connectivity index (χ4v) is 2.42. The van der Waals surface area contributed by atoms with Gasteiger partial charge < -0.3 is 10.1 Å². The van der Waals surface area contributed by atoms with E-state index in [-0.39, 0.29) is 5.82 Å². The fraction of sp³-hybridized carbons (Fsp3) is 0.667. The van der Waals surface area contributed by atoms with Crippen LogP contribution in [0.5, 0.6) is 0 Å². The summed E-state index contributed by atoms with van der Waals surface area (Å²) in [5.41, 5.74) is 1.21. The Bertz CT molecular complexity index is 364. The Morgan fingerprint density at radius 3 is 2.48 bits per heavy atom. The minimum atomic E-state index is -0.162. The molecule has 21 heavy (non-hydrogen) atoms. The molecule has 0 aliphatic rings. The van der Waals surface area contributed by atoms with Gasteiger partial charge in [-0.1, -0.05) is 26.0 Å². The molecule has 0 spiro atoms. The number of ether oxygens (including phenoxy) is 1. The molecule has 1 aromatic rings. The van der Waals surface area contributed by atoms with Crippen molar-refractivity contribution in [2.45, 2.75) is 40.0 Å². The van der Waals surface area contributed by atoms with Crippen molar-refractivity contribution in [2.75, 3.05) is 26.3 Å². The number of nitrogens with one attached hydrogen (secondary N) is 1.